The number of methoxy groups -OCH3 is 1. The van der Waals surface area contributed by atoms with E-state index in [1.807, 2.05) is 29.5 Å². The summed E-state index contributed by atoms with van der Waals surface area (Å²) in [5.74, 6) is -0.0363. The molecule has 0 aromatic heterocycles. The molecule has 0 saturated carbocycles. The van der Waals surface area contributed by atoms with Gasteiger partial charge in [-0.3, -0.25) is 4.79 Å². The van der Waals surface area contributed by atoms with Gasteiger partial charge >= 0.3 is 0 Å². The first-order chi connectivity index (χ1) is 9.43. The quantitative estimate of drug-likeness (QED) is 0.500. The number of hydrogen-bond donors (Lipinski definition) is 0. The highest BCUT2D eigenvalue weighted by atomic mass is 127. The van der Waals surface area contributed by atoms with Crippen molar-refractivity contribution in [3.05, 3.63) is 60.9 Å². The molecular weight excluding hydrogens is 438 g/mol. The maximum absolute atomic E-state index is 13.1. The lowest BCUT2D eigenvalue weighted by molar-refractivity contribution is 0.103. The van der Waals surface area contributed by atoms with Crippen LogP contribution in [0.25, 0.3) is 0 Å². The van der Waals surface area contributed by atoms with E-state index in [2.05, 4.69) is 15.9 Å². The number of carbonyl (C=O) groups excluding carboxylic acids is 1. The van der Waals surface area contributed by atoms with E-state index < -0.39 is 0 Å². The van der Waals surface area contributed by atoms with E-state index in [9.17, 15) is 9.18 Å². The first-order valence-corrected chi connectivity index (χ1v) is 7.65. The lowest BCUT2D eigenvalue weighted by Crippen LogP contribution is -2.07. The number of ether oxygens (including phenoxy) is 1. The minimum Gasteiger partial charge on any atom is -0.496 e. The summed E-state index contributed by atoms with van der Waals surface area (Å²) in [6.07, 6.45) is 0. The summed E-state index contributed by atoms with van der Waals surface area (Å²) in [5, 5.41) is 0. The van der Waals surface area contributed by atoms with E-state index in [4.69, 9.17) is 4.74 Å². The highest BCUT2D eigenvalue weighted by molar-refractivity contribution is 14.1. The Morgan fingerprint density at radius 2 is 1.95 bits per heavy atom. The van der Waals surface area contributed by atoms with Crippen LogP contribution in [-0.4, -0.2) is 12.9 Å². The minimum atomic E-state index is -0.358. The van der Waals surface area contributed by atoms with Gasteiger partial charge in [0.2, 0.25) is 0 Å². The summed E-state index contributed by atoms with van der Waals surface area (Å²) in [6.45, 7) is 1.92. The van der Waals surface area contributed by atoms with Gasteiger partial charge in [-0.15, -0.1) is 0 Å². The Morgan fingerprint density at radius 1 is 1.25 bits per heavy atom. The Morgan fingerprint density at radius 3 is 2.55 bits per heavy atom. The topological polar surface area (TPSA) is 26.3 Å². The average Bonchev–Trinajstić information content (AvgIpc) is 2.40. The van der Waals surface area contributed by atoms with Crippen molar-refractivity contribution in [2.75, 3.05) is 7.11 Å². The zero-order valence-corrected chi connectivity index (χ0v) is 14.6. The highest BCUT2D eigenvalue weighted by Crippen LogP contribution is 2.29. The smallest absolute Gasteiger partial charge is 0.197 e. The van der Waals surface area contributed by atoms with Crippen molar-refractivity contribution in [2.24, 2.45) is 0 Å². The molecular formula is C15H11BrFIO2. The molecule has 0 radical (unpaired) electrons. The highest BCUT2D eigenvalue weighted by Gasteiger charge is 2.18. The molecule has 0 unspecified atom stereocenters. The van der Waals surface area contributed by atoms with Gasteiger partial charge in [-0.1, -0.05) is 15.9 Å². The molecule has 0 aliphatic rings. The first kappa shape index (κ1) is 15.4. The molecule has 2 rings (SSSR count). The van der Waals surface area contributed by atoms with Crippen LogP contribution in [-0.2, 0) is 0 Å². The Balaban J connectivity index is 2.55. The Labute approximate surface area is 138 Å². The van der Waals surface area contributed by atoms with E-state index in [-0.39, 0.29) is 11.6 Å². The Kier molecular flexibility index (Phi) is 4.80. The van der Waals surface area contributed by atoms with Crippen molar-refractivity contribution >= 4 is 44.3 Å². The van der Waals surface area contributed by atoms with Crippen LogP contribution in [0.3, 0.4) is 0 Å². The number of carbonyl (C=O) groups is 1. The predicted octanol–water partition coefficient (Wildman–Crippen LogP) is 4.74. The van der Waals surface area contributed by atoms with Gasteiger partial charge in [0, 0.05) is 13.6 Å². The van der Waals surface area contributed by atoms with Crippen molar-refractivity contribution in [3.63, 3.8) is 0 Å². The molecule has 0 atom stereocenters. The van der Waals surface area contributed by atoms with Gasteiger partial charge in [0.25, 0.3) is 0 Å². The normalized spacial score (nSPS) is 10.4. The number of aryl methyl sites for hydroxylation is 1. The fourth-order valence-electron chi connectivity index (χ4n) is 1.82. The van der Waals surface area contributed by atoms with Crippen LogP contribution < -0.4 is 4.74 Å². The molecule has 104 valence electrons. The van der Waals surface area contributed by atoms with Gasteiger partial charge in [-0.2, -0.15) is 0 Å². The van der Waals surface area contributed by atoms with Crippen molar-refractivity contribution in [1.82, 2.24) is 0 Å². The second-order valence-corrected chi connectivity index (χ2v) is 6.27. The predicted molar refractivity (Wildman–Crippen MR) is 88.0 cm³/mol. The molecule has 5 heteroatoms. The molecule has 0 N–H and O–H groups in total. The first-order valence-electron chi connectivity index (χ1n) is 5.78. The molecule has 2 nitrogen and oxygen atoms in total. The second kappa shape index (κ2) is 6.22. The lowest BCUT2D eigenvalue weighted by atomic mass is 10.0. The van der Waals surface area contributed by atoms with Gasteiger partial charge < -0.3 is 4.74 Å². The number of ketones is 1. The van der Waals surface area contributed by atoms with Gasteiger partial charge in [-0.05, 0) is 65.4 Å². The second-order valence-electron chi connectivity index (χ2n) is 4.25. The summed E-state index contributed by atoms with van der Waals surface area (Å²) < 4.78 is 19.8. The van der Waals surface area contributed by atoms with Crippen LogP contribution in [0.2, 0.25) is 0 Å². The molecule has 0 aliphatic carbocycles. The summed E-state index contributed by atoms with van der Waals surface area (Å²) >= 11 is 5.36. The molecule has 20 heavy (non-hydrogen) atoms. The fourth-order valence-corrected chi connectivity index (χ4v) is 2.89. The zero-order valence-electron chi connectivity index (χ0n) is 10.8. The van der Waals surface area contributed by atoms with E-state index in [1.165, 1.54) is 25.3 Å². The van der Waals surface area contributed by atoms with E-state index in [0.29, 0.717) is 20.4 Å². The SMILES string of the molecule is COc1cc(C)c(Br)cc1C(=O)c1ccc(F)cc1I. The molecule has 2 aromatic carbocycles. The van der Waals surface area contributed by atoms with Crippen LogP contribution in [0.1, 0.15) is 21.5 Å². The molecule has 2 aromatic rings. The van der Waals surface area contributed by atoms with Crippen molar-refractivity contribution < 1.29 is 13.9 Å². The maximum Gasteiger partial charge on any atom is 0.197 e. The third kappa shape index (κ3) is 3.03. The molecule has 0 saturated heterocycles. The standard InChI is InChI=1S/C15H11BrFIO2/c1-8-5-14(20-2)11(7-12(8)16)15(19)10-4-3-9(17)6-13(10)18/h3-7H,1-2H3. The van der Waals surface area contributed by atoms with Crippen molar-refractivity contribution in [1.29, 1.82) is 0 Å². The van der Waals surface area contributed by atoms with Gasteiger partial charge in [0.15, 0.2) is 5.78 Å². The number of benzene rings is 2. The van der Waals surface area contributed by atoms with E-state index in [1.54, 1.807) is 12.1 Å². The van der Waals surface area contributed by atoms with Crippen LogP contribution in [0.5, 0.6) is 5.75 Å². The molecule has 0 bridgehead atoms. The van der Waals surface area contributed by atoms with Gasteiger partial charge in [0.05, 0.1) is 12.7 Å². The van der Waals surface area contributed by atoms with Gasteiger partial charge in [0.1, 0.15) is 11.6 Å². The Bertz CT molecular complexity index is 686. The molecule has 0 heterocycles. The molecule has 0 aliphatic heterocycles. The van der Waals surface area contributed by atoms with Crippen molar-refractivity contribution in [2.45, 2.75) is 6.92 Å². The summed E-state index contributed by atoms with van der Waals surface area (Å²) in [4.78, 5) is 12.6. The molecule has 0 fully saturated rings. The summed E-state index contributed by atoms with van der Waals surface area (Å²) in [5.41, 5.74) is 1.89. The maximum atomic E-state index is 13.1. The third-order valence-corrected chi connectivity index (χ3v) is 4.65. The van der Waals surface area contributed by atoms with E-state index in [0.717, 1.165) is 10.0 Å². The van der Waals surface area contributed by atoms with Gasteiger partial charge in [-0.25, -0.2) is 4.39 Å². The van der Waals surface area contributed by atoms with Crippen LogP contribution in [0.15, 0.2) is 34.8 Å². The van der Waals surface area contributed by atoms with Crippen LogP contribution >= 0.6 is 38.5 Å². The zero-order chi connectivity index (χ0) is 14.9. The minimum absolute atomic E-state index is 0.188. The number of halogens is 3. The number of hydrogen-bond acceptors (Lipinski definition) is 2. The fraction of sp³-hybridized carbons (Fsp3) is 0.133. The lowest BCUT2D eigenvalue weighted by Gasteiger charge is -2.11. The molecule has 0 spiro atoms. The Hall–Kier alpha value is -0.950. The summed E-state index contributed by atoms with van der Waals surface area (Å²) in [7, 11) is 1.52. The van der Waals surface area contributed by atoms with Crippen LogP contribution in [0, 0.1) is 16.3 Å². The summed E-state index contributed by atoms with van der Waals surface area (Å²) in [6, 6.07) is 7.64. The number of rotatable bonds is 3. The third-order valence-electron chi connectivity index (χ3n) is 2.90. The average molecular weight is 449 g/mol. The molecule has 0 amide bonds. The van der Waals surface area contributed by atoms with Crippen LogP contribution in [0.4, 0.5) is 4.39 Å². The monoisotopic (exact) mass is 448 g/mol. The van der Waals surface area contributed by atoms with Crippen molar-refractivity contribution in [3.8, 4) is 5.75 Å². The van der Waals surface area contributed by atoms with E-state index >= 15 is 0 Å². The largest absolute Gasteiger partial charge is 0.496 e.